The van der Waals surface area contributed by atoms with E-state index in [2.05, 4.69) is 31.0 Å². The van der Waals surface area contributed by atoms with E-state index in [-0.39, 0.29) is 6.04 Å². The summed E-state index contributed by atoms with van der Waals surface area (Å²) >= 11 is 0. The van der Waals surface area contributed by atoms with Gasteiger partial charge < -0.3 is 10.5 Å². The zero-order valence-corrected chi connectivity index (χ0v) is 12.9. The number of benzene rings is 1. The molecule has 0 aliphatic heterocycles. The zero-order valence-electron chi connectivity index (χ0n) is 12.9. The first kappa shape index (κ1) is 15.5. The number of aromatic nitrogens is 1. The first-order valence-corrected chi connectivity index (χ1v) is 7.71. The van der Waals surface area contributed by atoms with Crippen molar-refractivity contribution in [1.29, 1.82) is 0 Å². The van der Waals surface area contributed by atoms with E-state index < -0.39 is 0 Å². The topological polar surface area (TPSA) is 48.1 Å². The molecule has 1 atom stereocenters. The summed E-state index contributed by atoms with van der Waals surface area (Å²) in [5, 5.41) is 0. The molecule has 21 heavy (non-hydrogen) atoms. The predicted octanol–water partition coefficient (Wildman–Crippen LogP) is 4.63. The highest BCUT2D eigenvalue weighted by atomic mass is 16.5. The first-order chi connectivity index (χ1) is 10.2. The molecule has 1 aromatic carbocycles. The normalized spacial score (nSPS) is 12.1. The summed E-state index contributed by atoms with van der Waals surface area (Å²) in [6.07, 6.45) is 6.18. The number of hydrogen-bond acceptors (Lipinski definition) is 3. The minimum Gasteiger partial charge on any atom is -0.456 e. The molecule has 112 valence electrons. The highest BCUT2D eigenvalue weighted by Crippen LogP contribution is 2.22. The minimum absolute atomic E-state index is 0.00287. The van der Waals surface area contributed by atoms with Crippen LogP contribution in [-0.2, 0) is 6.42 Å². The van der Waals surface area contributed by atoms with Crippen LogP contribution in [0.3, 0.4) is 0 Å². The van der Waals surface area contributed by atoms with Crippen LogP contribution in [0, 0.1) is 0 Å². The van der Waals surface area contributed by atoms with E-state index in [1.54, 1.807) is 6.20 Å². The Hall–Kier alpha value is -1.87. The fourth-order valence-electron chi connectivity index (χ4n) is 2.12. The molecular formula is C18H24N2O. The van der Waals surface area contributed by atoms with Gasteiger partial charge in [0.1, 0.15) is 11.5 Å². The number of pyridine rings is 1. The second-order valence-corrected chi connectivity index (χ2v) is 5.28. The first-order valence-electron chi connectivity index (χ1n) is 7.71. The second kappa shape index (κ2) is 7.79. The summed E-state index contributed by atoms with van der Waals surface area (Å²) in [5.41, 5.74) is 8.21. The maximum absolute atomic E-state index is 5.95. The number of unbranched alkanes of at least 4 members (excludes halogenated alkanes) is 1. The lowest BCUT2D eigenvalue weighted by Gasteiger charge is -2.10. The van der Waals surface area contributed by atoms with Crippen molar-refractivity contribution in [2.75, 3.05) is 0 Å². The molecule has 3 nitrogen and oxygen atoms in total. The molecular weight excluding hydrogens is 260 g/mol. The van der Waals surface area contributed by atoms with E-state index in [9.17, 15) is 0 Å². The fraction of sp³-hybridized carbons (Fsp3) is 0.389. The summed E-state index contributed by atoms with van der Waals surface area (Å²) in [6.45, 7) is 4.26. The number of aryl methyl sites for hydroxylation is 1. The fourth-order valence-corrected chi connectivity index (χ4v) is 2.12. The molecule has 1 aromatic heterocycles. The summed E-state index contributed by atoms with van der Waals surface area (Å²) in [4.78, 5) is 4.35. The summed E-state index contributed by atoms with van der Waals surface area (Å²) in [6, 6.07) is 12.1. The van der Waals surface area contributed by atoms with Crippen molar-refractivity contribution in [1.82, 2.24) is 4.98 Å². The van der Waals surface area contributed by atoms with Gasteiger partial charge in [-0.25, -0.2) is 0 Å². The van der Waals surface area contributed by atoms with E-state index in [4.69, 9.17) is 10.5 Å². The van der Waals surface area contributed by atoms with Crippen molar-refractivity contribution < 1.29 is 4.74 Å². The van der Waals surface area contributed by atoms with E-state index in [0.717, 1.165) is 30.0 Å². The van der Waals surface area contributed by atoms with Crippen LogP contribution in [0.5, 0.6) is 11.5 Å². The highest BCUT2D eigenvalue weighted by molar-refractivity contribution is 5.32. The van der Waals surface area contributed by atoms with Gasteiger partial charge >= 0.3 is 0 Å². The lowest BCUT2D eigenvalue weighted by Crippen LogP contribution is -2.10. The van der Waals surface area contributed by atoms with Crippen molar-refractivity contribution in [2.24, 2.45) is 5.73 Å². The molecule has 2 rings (SSSR count). The van der Waals surface area contributed by atoms with Crippen LogP contribution in [0.15, 0.2) is 42.6 Å². The average Bonchev–Trinajstić information content (AvgIpc) is 2.54. The second-order valence-electron chi connectivity index (χ2n) is 5.28. The molecule has 0 bridgehead atoms. The number of ether oxygens (including phenoxy) is 1. The van der Waals surface area contributed by atoms with Gasteiger partial charge in [0.05, 0.1) is 11.9 Å². The molecule has 0 fully saturated rings. The van der Waals surface area contributed by atoms with Crippen molar-refractivity contribution in [3.63, 3.8) is 0 Å². The van der Waals surface area contributed by atoms with E-state index in [1.807, 2.05) is 24.3 Å². The molecule has 0 spiro atoms. The van der Waals surface area contributed by atoms with Crippen LogP contribution < -0.4 is 10.5 Å². The smallest absolute Gasteiger partial charge is 0.145 e. The quantitative estimate of drug-likeness (QED) is 0.806. The average molecular weight is 284 g/mol. The van der Waals surface area contributed by atoms with Gasteiger partial charge in [-0.3, -0.25) is 4.98 Å². The van der Waals surface area contributed by atoms with E-state index in [1.165, 1.54) is 18.4 Å². The van der Waals surface area contributed by atoms with Crippen LogP contribution in [0.2, 0.25) is 0 Å². The molecule has 0 saturated heterocycles. The van der Waals surface area contributed by atoms with Gasteiger partial charge in [0.2, 0.25) is 0 Å². The molecule has 0 amide bonds. The van der Waals surface area contributed by atoms with Crippen molar-refractivity contribution in [3.8, 4) is 11.5 Å². The Labute approximate surface area is 127 Å². The summed E-state index contributed by atoms with van der Waals surface area (Å²) < 4.78 is 5.80. The third-order valence-corrected chi connectivity index (χ3v) is 3.56. The van der Waals surface area contributed by atoms with Gasteiger partial charge in [-0.05, 0) is 49.1 Å². The van der Waals surface area contributed by atoms with Crippen LogP contribution in [-0.4, -0.2) is 4.98 Å². The standard InChI is InChI=1S/C18H24N2O/c1-3-5-6-14-7-9-15(10-8-14)21-16-11-12-18(20-13-16)17(19)4-2/h7-13,17H,3-6,19H2,1-2H3/t17-/m1/s1. The molecule has 2 N–H and O–H groups in total. The maximum atomic E-state index is 5.95. The maximum Gasteiger partial charge on any atom is 0.145 e. The number of nitrogens with two attached hydrogens (primary N) is 1. The minimum atomic E-state index is -0.00287. The zero-order chi connectivity index (χ0) is 15.1. The Kier molecular flexibility index (Phi) is 5.76. The summed E-state index contributed by atoms with van der Waals surface area (Å²) in [7, 11) is 0. The Morgan fingerprint density at radius 1 is 1.05 bits per heavy atom. The molecule has 0 unspecified atom stereocenters. The Morgan fingerprint density at radius 2 is 1.76 bits per heavy atom. The molecule has 2 aromatic rings. The number of rotatable bonds is 7. The molecule has 1 heterocycles. The number of hydrogen-bond donors (Lipinski definition) is 1. The van der Waals surface area contributed by atoms with Gasteiger partial charge in [-0.1, -0.05) is 32.4 Å². The molecule has 0 aliphatic rings. The van der Waals surface area contributed by atoms with Gasteiger partial charge in [0, 0.05) is 6.04 Å². The third-order valence-electron chi connectivity index (χ3n) is 3.56. The number of nitrogens with zero attached hydrogens (tertiary/aromatic N) is 1. The van der Waals surface area contributed by atoms with Crippen molar-refractivity contribution >= 4 is 0 Å². The molecule has 0 aliphatic carbocycles. The van der Waals surface area contributed by atoms with Gasteiger partial charge in [0.25, 0.3) is 0 Å². The SMILES string of the molecule is CCCCc1ccc(Oc2ccc([C@H](N)CC)nc2)cc1. The largest absolute Gasteiger partial charge is 0.456 e. The van der Waals surface area contributed by atoms with Crippen LogP contribution in [0.25, 0.3) is 0 Å². The Balaban J connectivity index is 1.97. The highest BCUT2D eigenvalue weighted by Gasteiger charge is 2.05. The van der Waals surface area contributed by atoms with Crippen LogP contribution in [0.4, 0.5) is 0 Å². The molecule has 3 heteroatoms. The molecule has 0 radical (unpaired) electrons. The summed E-state index contributed by atoms with van der Waals surface area (Å²) in [5.74, 6) is 1.58. The van der Waals surface area contributed by atoms with Gasteiger partial charge in [0.15, 0.2) is 0 Å². The van der Waals surface area contributed by atoms with Gasteiger partial charge in [-0.15, -0.1) is 0 Å². The Morgan fingerprint density at radius 3 is 2.33 bits per heavy atom. The van der Waals surface area contributed by atoms with E-state index in [0.29, 0.717) is 0 Å². The lowest BCUT2D eigenvalue weighted by atomic mass is 10.1. The Bertz CT molecular complexity index is 534. The lowest BCUT2D eigenvalue weighted by molar-refractivity contribution is 0.478. The van der Waals surface area contributed by atoms with Crippen molar-refractivity contribution in [2.45, 2.75) is 45.6 Å². The van der Waals surface area contributed by atoms with Crippen molar-refractivity contribution in [3.05, 3.63) is 53.9 Å². The third kappa shape index (κ3) is 4.57. The monoisotopic (exact) mass is 284 g/mol. The predicted molar refractivity (Wildman–Crippen MR) is 86.6 cm³/mol. The van der Waals surface area contributed by atoms with Crippen LogP contribution in [0.1, 0.15) is 50.4 Å². The van der Waals surface area contributed by atoms with Gasteiger partial charge in [-0.2, -0.15) is 0 Å². The van der Waals surface area contributed by atoms with Crippen LogP contribution >= 0.6 is 0 Å². The molecule has 0 saturated carbocycles. The van der Waals surface area contributed by atoms with E-state index >= 15 is 0 Å².